The molecule has 1 radical (unpaired) electrons. The molecule has 0 fully saturated rings. The van der Waals surface area contributed by atoms with Crippen molar-refractivity contribution < 1.29 is 24.9 Å². The van der Waals surface area contributed by atoms with E-state index in [9.17, 15) is 4.79 Å². The van der Waals surface area contributed by atoms with Crippen molar-refractivity contribution in [3.05, 3.63) is 78.8 Å². The number of Topliss-reactive ketones (excluding diaryl/α,β-unsaturated/α-hetero) is 1. The summed E-state index contributed by atoms with van der Waals surface area (Å²) in [6, 6.07) is 20.3. The van der Waals surface area contributed by atoms with Gasteiger partial charge in [0, 0.05) is 32.7 Å². The minimum Gasteiger partial charge on any atom is -0.661 e. The third-order valence-electron chi connectivity index (χ3n) is 2.81. The van der Waals surface area contributed by atoms with Crippen LogP contribution in [0.15, 0.2) is 67.0 Å². The van der Waals surface area contributed by atoms with Gasteiger partial charge < -0.3 is 9.97 Å². The molecule has 4 heteroatoms. The van der Waals surface area contributed by atoms with Crippen LogP contribution in [0.2, 0.25) is 0 Å². The Morgan fingerprint density at radius 3 is 2.50 bits per heavy atom. The van der Waals surface area contributed by atoms with E-state index in [1.165, 1.54) is 0 Å². The van der Waals surface area contributed by atoms with Gasteiger partial charge in [-0.3, -0.25) is 4.79 Å². The molecule has 3 aromatic rings. The standard InChI is InChI=1S/C11H8N.C7H9NO.Ir/c1-2-6-10(7-3-1)11-8-4-5-9-12-11;1-2-7(9)6-4-3-5-8-6;/h1-6,8-9H;3-5H,2H2,1H3,(H,8,9);/q-1;;/p-1. The Balaban J connectivity index is 0.000000219. The van der Waals surface area contributed by atoms with E-state index < -0.39 is 0 Å². The summed E-state index contributed by atoms with van der Waals surface area (Å²) in [6.07, 6.45) is 3.95. The molecular weight excluding hydrogens is 452 g/mol. The predicted octanol–water partition coefficient (Wildman–Crippen LogP) is 3.78. The molecule has 0 unspecified atom stereocenters. The molecule has 3 nitrogen and oxygen atoms in total. The van der Waals surface area contributed by atoms with Gasteiger partial charge in [-0.1, -0.05) is 36.9 Å². The second kappa shape index (κ2) is 9.82. The summed E-state index contributed by atoms with van der Waals surface area (Å²) in [6.45, 7) is 1.83. The molecule has 0 atom stereocenters. The molecule has 0 saturated heterocycles. The molecule has 0 bridgehead atoms. The van der Waals surface area contributed by atoms with Crippen LogP contribution in [0.5, 0.6) is 0 Å². The number of pyridine rings is 1. The molecule has 0 aliphatic carbocycles. The third-order valence-corrected chi connectivity index (χ3v) is 2.81. The molecule has 115 valence electrons. The molecule has 0 aliphatic rings. The van der Waals surface area contributed by atoms with Gasteiger partial charge in [0.2, 0.25) is 0 Å². The van der Waals surface area contributed by atoms with E-state index >= 15 is 0 Å². The van der Waals surface area contributed by atoms with Crippen molar-refractivity contribution in [2.24, 2.45) is 0 Å². The Hall–Kier alpha value is -2.03. The van der Waals surface area contributed by atoms with Crippen LogP contribution >= 0.6 is 0 Å². The van der Waals surface area contributed by atoms with Crippen molar-refractivity contribution in [2.75, 3.05) is 0 Å². The van der Waals surface area contributed by atoms with Crippen LogP contribution in [0, 0.1) is 6.07 Å². The predicted molar refractivity (Wildman–Crippen MR) is 82.9 cm³/mol. The minimum absolute atomic E-state index is 0. The number of carbonyl (C=O) groups excluding carboxylic acids is 1. The van der Waals surface area contributed by atoms with Crippen LogP contribution in [0.1, 0.15) is 23.8 Å². The topological polar surface area (TPSA) is 44.1 Å². The van der Waals surface area contributed by atoms with Gasteiger partial charge in [0.1, 0.15) is 5.78 Å². The normalized spacial score (nSPS) is 9.14. The van der Waals surface area contributed by atoms with Crippen molar-refractivity contribution in [3.8, 4) is 11.3 Å². The van der Waals surface area contributed by atoms with Crippen LogP contribution in [-0.2, 0) is 20.1 Å². The minimum atomic E-state index is 0. The second-order valence-corrected chi connectivity index (χ2v) is 4.29. The Bertz CT molecular complexity index is 615. The van der Waals surface area contributed by atoms with Crippen molar-refractivity contribution >= 4 is 5.78 Å². The number of ketones is 1. The number of carbonyl (C=O) groups is 1. The molecule has 0 aliphatic heterocycles. The molecule has 2 heterocycles. The molecule has 0 N–H and O–H groups in total. The zero-order chi connectivity index (χ0) is 14.9. The van der Waals surface area contributed by atoms with E-state index in [2.05, 4.69) is 16.0 Å². The molecule has 22 heavy (non-hydrogen) atoms. The van der Waals surface area contributed by atoms with E-state index in [0.717, 1.165) is 11.3 Å². The smallest absolute Gasteiger partial charge is 0.140 e. The Morgan fingerprint density at radius 1 is 1.14 bits per heavy atom. The number of nitrogens with zero attached hydrogens (tertiary/aromatic N) is 2. The van der Waals surface area contributed by atoms with Crippen molar-refractivity contribution in [2.45, 2.75) is 13.3 Å². The second-order valence-electron chi connectivity index (χ2n) is 4.29. The molecule has 1 aromatic carbocycles. The number of aromatic nitrogens is 2. The van der Waals surface area contributed by atoms with Crippen LogP contribution in [0.25, 0.3) is 11.3 Å². The van der Waals surface area contributed by atoms with Crippen LogP contribution in [0.4, 0.5) is 0 Å². The van der Waals surface area contributed by atoms with Gasteiger partial charge in [-0.05, 0) is 11.8 Å². The Morgan fingerprint density at radius 2 is 1.95 bits per heavy atom. The maximum Gasteiger partial charge on any atom is 0.140 e. The summed E-state index contributed by atoms with van der Waals surface area (Å²) in [5.41, 5.74) is 2.59. The molecule has 3 rings (SSSR count). The molecule has 0 saturated carbocycles. The summed E-state index contributed by atoms with van der Waals surface area (Å²) in [7, 11) is 0. The van der Waals surface area contributed by atoms with E-state index in [4.69, 9.17) is 0 Å². The van der Waals surface area contributed by atoms with Gasteiger partial charge in [0.15, 0.2) is 0 Å². The molecule has 0 spiro atoms. The van der Waals surface area contributed by atoms with Crippen LogP contribution in [0.3, 0.4) is 0 Å². The first-order valence-electron chi connectivity index (χ1n) is 6.80. The molecule has 0 amide bonds. The van der Waals surface area contributed by atoms with Crippen molar-refractivity contribution in [3.63, 3.8) is 0 Å². The summed E-state index contributed by atoms with van der Waals surface area (Å²) in [5, 5.41) is 0. The summed E-state index contributed by atoms with van der Waals surface area (Å²) in [5.74, 6) is 0.111. The zero-order valence-corrected chi connectivity index (χ0v) is 14.6. The fourth-order valence-electron chi connectivity index (χ4n) is 1.72. The van der Waals surface area contributed by atoms with Gasteiger partial charge in [0.05, 0.1) is 0 Å². The first-order valence-corrected chi connectivity index (χ1v) is 6.80. The zero-order valence-electron chi connectivity index (χ0n) is 12.2. The summed E-state index contributed by atoms with van der Waals surface area (Å²) < 4.78 is 0. The third kappa shape index (κ3) is 5.40. The molecular formula is C18H16IrN2O-2. The van der Waals surface area contributed by atoms with Gasteiger partial charge >= 0.3 is 0 Å². The van der Waals surface area contributed by atoms with Crippen LogP contribution in [-0.4, -0.2) is 10.8 Å². The average Bonchev–Trinajstić information content (AvgIpc) is 3.11. The van der Waals surface area contributed by atoms with Gasteiger partial charge in [-0.25, -0.2) is 0 Å². The van der Waals surface area contributed by atoms with E-state index in [1.807, 2.05) is 49.4 Å². The largest absolute Gasteiger partial charge is 0.661 e. The van der Waals surface area contributed by atoms with Crippen molar-refractivity contribution in [1.29, 1.82) is 0 Å². The number of benzene rings is 1. The number of hydrogen-bond acceptors (Lipinski definition) is 2. The Kier molecular flexibility index (Phi) is 8.05. The van der Waals surface area contributed by atoms with Gasteiger partial charge in [-0.2, -0.15) is 6.20 Å². The maximum absolute atomic E-state index is 10.8. The monoisotopic (exact) mass is 469 g/mol. The SMILES string of the molecule is CCC(=O)c1ccc[n-]1.[Ir].[c-]1ccccc1-c1ccccn1. The fourth-order valence-corrected chi connectivity index (χ4v) is 1.72. The quantitative estimate of drug-likeness (QED) is 0.434. The van der Waals surface area contributed by atoms with E-state index in [1.54, 1.807) is 24.5 Å². The van der Waals surface area contributed by atoms with Gasteiger partial charge in [0.25, 0.3) is 0 Å². The average molecular weight is 469 g/mol. The fraction of sp³-hybridized carbons (Fsp3) is 0.111. The van der Waals surface area contributed by atoms with Crippen LogP contribution < -0.4 is 4.98 Å². The van der Waals surface area contributed by atoms with Gasteiger partial charge in [-0.15, -0.1) is 35.9 Å². The number of rotatable bonds is 3. The van der Waals surface area contributed by atoms with E-state index in [0.29, 0.717) is 12.1 Å². The summed E-state index contributed by atoms with van der Waals surface area (Å²) in [4.78, 5) is 18.9. The first kappa shape index (κ1) is 18.0. The molecule has 2 aromatic heterocycles. The maximum atomic E-state index is 10.8. The Labute approximate surface area is 144 Å². The number of hydrogen-bond donors (Lipinski definition) is 0. The van der Waals surface area contributed by atoms with E-state index in [-0.39, 0.29) is 25.9 Å². The van der Waals surface area contributed by atoms with Crippen molar-refractivity contribution in [1.82, 2.24) is 9.97 Å². The first-order chi connectivity index (χ1) is 10.3. The summed E-state index contributed by atoms with van der Waals surface area (Å²) >= 11 is 0.